The Morgan fingerprint density at radius 1 is 1.25 bits per heavy atom. The third-order valence-corrected chi connectivity index (χ3v) is 4.51. The van der Waals surface area contributed by atoms with E-state index in [4.69, 9.17) is 5.73 Å². The lowest BCUT2D eigenvalue weighted by Gasteiger charge is -2.35. The van der Waals surface area contributed by atoms with Crippen LogP contribution in [-0.4, -0.2) is 24.0 Å². The summed E-state index contributed by atoms with van der Waals surface area (Å²) in [7, 11) is 0. The third kappa shape index (κ3) is 4.87. The van der Waals surface area contributed by atoms with E-state index >= 15 is 0 Å². The van der Waals surface area contributed by atoms with Crippen LogP contribution in [0.1, 0.15) is 57.2 Å². The summed E-state index contributed by atoms with van der Waals surface area (Å²) in [5.74, 6) is 0. The Morgan fingerprint density at radius 3 is 2.45 bits per heavy atom. The van der Waals surface area contributed by atoms with Crippen LogP contribution < -0.4 is 5.73 Å². The van der Waals surface area contributed by atoms with Crippen molar-refractivity contribution < 1.29 is 0 Å². The lowest BCUT2D eigenvalue weighted by Crippen LogP contribution is -2.39. The molecule has 0 saturated heterocycles. The van der Waals surface area contributed by atoms with Gasteiger partial charge >= 0.3 is 0 Å². The largest absolute Gasteiger partial charge is 0.329 e. The first-order valence-corrected chi connectivity index (χ1v) is 8.52. The molecule has 1 rings (SSSR count). The van der Waals surface area contributed by atoms with Crippen LogP contribution in [0, 0.1) is 6.92 Å². The van der Waals surface area contributed by atoms with Gasteiger partial charge in [0, 0.05) is 23.1 Å². The first-order valence-electron chi connectivity index (χ1n) is 7.73. The molecule has 0 aromatic heterocycles. The number of aryl methyl sites for hydroxylation is 1. The molecule has 3 heteroatoms. The van der Waals surface area contributed by atoms with Gasteiger partial charge in [0.15, 0.2) is 0 Å². The molecule has 2 N–H and O–H groups in total. The first kappa shape index (κ1) is 17.7. The van der Waals surface area contributed by atoms with Crippen molar-refractivity contribution in [2.45, 2.75) is 59.0 Å². The molecule has 0 saturated carbocycles. The number of hydrogen-bond acceptors (Lipinski definition) is 2. The fourth-order valence-electron chi connectivity index (χ4n) is 2.66. The molecule has 2 nitrogen and oxygen atoms in total. The number of halogens is 1. The molecule has 0 aliphatic carbocycles. The Morgan fingerprint density at radius 2 is 1.95 bits per heavy atom. The second kappa shape index (κ2) is 8.81. The molecule has 1 aromatic rings. The van der Waals surface area contributed by atoms with E-state index in [0.717, 1.165) is 6.54 Å². The summed E-state index contributed by atoms with van der Waals surface area (Å²) in [5, 5.41) is 0. The minimum Gasteiger partial charge on any atom is -0.329 e. The molecule has 0 amide bonds. The van der Waals surface area contributed by atoms with E-state index in [1.807, 2.05) is 0 Å². The highest BCUT2D eigenvalue weighted by Crippen LogP contribution is 2.29. The van der Waals surface area contributed by atoms with Gasteiger partial charge in [-0.05, 0) is 50.9 Å². The van der Waals surface area contributed by atoms with E-state index in [0.29, 0.717) is 18.6 Å². The lowest BCUT2D eigenvalue weighted by atomic mass is 10.0. The molecule has 0 aliphatic heterocycles. The van der Waals surface area contributed by atoms with Gasteiger partial charge in [0.2, 0.25) is 0 Å². The van der Waals surface area contributed by atoms with Gasteiger partial charge in [0.25, 0.3) is 0 Å². The SMILES string of the molecule is CCCCCN(C(C)C)C(CN)c1ccc(C)cc1Br. The summed E-state index contributed by atoms with van der Waals surface area (Å²) in [6.45, 7) is 10.7. The van der Waals surface area contributed by atoms with E-state index < -0.39 is 0 Å². The molecule has 1 aromatic carbocycles. The molecular formula is C17H29BrN2. The fraction of sp³-hybridized carbons (Fsp3) is 0.647. The van der Waals surface area contributed by atoms with E-state index in [1.54, 1.807) is 0 Å². The minimum atomic E-state index is 0.293. The highest BCUT2D eigenvalue weighted by Gasteiger charge is 2.23. The Bertz CT molecular complexity index is 404. The second-order valence-electron chi connectivity index (χ2n) is 5.82. The maximum absolute atomic E-state index is 6.09. The van der Waals surface area contributed by atoms with Gasteiger partial charge < -0.3 is 5.73 Å². The maximum atomic E-state index is 6.09. The highest BCUT2D eigenvalue weighted by molar-refractivity contribution is 9.10. The normalized spacial score (nSPS) is 13.2. The number of rotatable bonds is 8. The van der Waals surface area contributed by atoms with Crippen LogP contribution in [0.2, 0.25) is 0 Å². The molecule has 0 heterocycles. The van der Waals surface area contributed by atoms with Crippen molar-refractivity contribution in [2.75, 3.05) is 13.1 Å². The van der Waals surface area contributed by atoms with Crippen LogP contribution in [0.3, 0.4) is 0 Å². The molecule has 0 radical (unpaired) electrons. The van der Waals surface area contributed by atoms with Gasteiger partial charge in [-0.25, -0.2) is 0 Å². The van der Waals surface area contributed by atoms with Crippen molar-refractivity contribution in [2.24, 2.45) is 5.73 Å². The van der Waals surface area contributed by atoms with Crippen molar-refractivity contribution in [1.82, 2.24) is 4.90 Å². The van der Waals surface area contributed by atoms with Crippen molar-refractivity contribution in [3.63, 3.8) is 0 Å². The van der Waals surface area contributed by atoms with E-state index in [-0.39, 0.29) is 0 Å². The lowest BCUT2D eigenvalue weighted by molar-refractivity contribution is 0.153. The van der Waals surface area contributed by atoms with Crippen molar-refractivity contribution in [1.29, 1.82) is 0 Å². The topological polar surface area (TPSA) is 29.3 Å². The van der Waals surface area contributed by atoms with Gasteiger partial charge in [-0.3, -0.25) is 4.90 Å². The zero-order valence-electron chi connectivity index (χ0n) is 13.3. The molecule has 0 spiro atoms. The van der Waals surface area contributed by atoms with Crippen molar-refractivity contribution in [3.05, 3.63) is 33.8 Å². The smallest absolute Gasteiger partial charge is 0.0484 e. The van der Waals surface area contributed by atoms with Crippen LogP contribution >= 0.6 is 15.9 Å². The summed E-state index contributed by atoms with van der Waals surface area (Å²) < 4.78 is 1.18. The average molecular weight is 341 g/mol. The fourth-order valence-corrected chi connectivity index (χ4v) is 3.42. The van der Waals surface area contributed by atoms with E-state index in [2.05, 4.69) is 66.7 Å². The van der Waals surface area contributed by atoms with Gasteiger partial charge in [-0.15, -0.1) is 0 Å². The molecule has 20 heavy (non-hydrogen) atoms. The van der Waals surface area contributed by atoms with Crippen LogP contribution in [0.4, 0.5) is 0 Å². The molecular weight excluding hydrogens is 312 g/mol. The van der Waals surface area contributed by atoms with Crippen molar-refractivity contribution in [3.8, 4) is 0 Å². The zero-order valence-corrected chi connectivity index (χ0v) is 14.9. The van der Waals surface area contributed by atoms with Crippen LogP contribution in [0.15, 0.2) is 22.7 Å². The Kier molecular flexibility index (Phi) is 7.78. The average Bonchev–Trinajstić information content (AvgIpc) is 2.39. The number of nitrogens with zero attached hydrogens (tertiary/aromatic N) is 1. The Hall–Kier alpha value is -0.380. The van der Waals surface area contributed by atoms with Gasteiger partial charge in [-0.2, -0.15) is 0 Å². The second-order valence-corrected chi connectivity index (χ2v) is 6.67. The summed E-state index contributed by atoms with van der Waals surface area (Å²) in [4.78, 5) is 2.53. The number of hydrogen-bond donors (Lipinski definition) is 1. The number of benzene rings is 1. The number of nitrogens with two attached hydrogens (primary N) is 1. The molecule has 0 aliphatic rings. The highest BCUT2D eigenvalue weighted by atomic mass is 79.9. The van der Waals surface area contributed by atoms with E-state index in [9.17, 15) is 0 Å². The maximum Gasteiger partial charge on any atom is 0.0484 e. The van der Waals surface area contributed by atoms with E-state index in [1.165, 1.54) is 34.9 Å². The third-order valence-electron chi connectivity index (χ3n) is 3.82. The van der Waals surface area contributed by atoms with Crippen LogP contribution in [0.25, 0.3) is 0 Å². The standard InChI is InChI=1S/C17H29BrN2/c1-5-6-7-10-20(13(2)3)17(12-19)15-9-8-14(4)11-16(15)18/h8-9,11,13,17H,5-7,10,12,19H2,1-4H3. The van der Waals surface area contributed by atoms with Crippen molar-refractivity contribution >= 4 is 15.9 Å². The van der Waals surface area contributed by atoms with Crippen LogP contribution in [-0.2, 0) is 0 Å². The number of unbranched alkanes of at least 4 members (excludes halogenated alkanes) is 2. The quantitative estimate of drug-likeness (QED) is 0.697. The summed E-state index contributed by atoms with van der Waals surface area (Å²) in [6.07, 6.45) is 3.79. The van der Waals surface area contributed by atoms with Crippen LogP contribution in [0.5, 0.6) is 0 Å². The monoisotopic (exact) mass is 340 g/mol. The molecule has 1 atom stereocenters. The Balaban J connectivity index is 2.94. The van der Waals surface area contributed by atoms with Gasteiger partial charge in [-0.1, -0.05) is 47.8 Å². The molecule has 0 bridgehead atoms. The predicted octanol–water partition coefficient (Wildman–Crippen LogP) is 4.66. The summed E-state index contributed by atoms with van der Waals surface area (Å²) in [5.41, 5.74) is 8.68. The summed E-state index contributed by atoms with van der Waals surface area (Å²) >= 11 is 3.71. The zero-order chi connectivity index (χ0) is 15.1. The molecule has 114 valence electrons. The van der Waals surface area contributed by atoms with Gasteiger partial charge in [0.05, 0.1) is 0 Å². The predicted molar refractivity (Wildman–Crippen MR) is 92.0 cm³/mol. The first-order chi connectivity index (χ1) is 9.51. The summed E-state index contributed by atoms with van der Waals surface area (Å²) in [6, 6.07) is 7.37. The van der Waals surface area contributed by atoms with Gasteiger partial charge in [0.1, 0.15) is 0 Å². The molecule has 1 unspecified atom stereocenters. The minimum absolute atomic E-state index is 0.293. The molecule has 0 fully saturated rings. The Labute approximate surface area is 132 Å².